The monoisotopic (exact) mass is 394 g/mol. The molecule has 0 aromatic carbocycles. The average Bonchev–Trinajstić information content (AvgIpc) is 3.04. The molecule has 0 bridgehead atoms. The van der Waals surface area contributed by atoms with E-state index in [1.54, 1.807) is 6.08 Å². The van der Waals surface area contributed by atoms with Crippen LogP contribution in [0.15, 0.2) is 48.6 Å². The molecular weight excluding hydrogens is 360 g/mol. The topological polar surface area (TPSA) is 107 Å². The number of ether oxygens (including phenoxy) is 1. The van der Waals surface area contributed by atoms with Gasteiger partial charge in [0, 0.05) is 12.8 Å². The molecule has 1 aliphatic rings. The van der Waals surface area contributed by atoms with Gasteiger partial charge in [0.25, 0.3) is 0 Å². The van der Waals surface area contributed by atoms with Crippen molar-refractivity contribution in [3.63, 3.8) is 0 Å². The van der Waals surface area contributed by atoms with Gasteiger partial charge in [0.1, 0.15) is 0 Å². The van der Waals surface area contributed by atoms with Crippen LogP contribution in [0.5, 0.6) is 0 Å². The smallest absolute Gasteiger partial charge is 0.303 e. The molecule has 0 aromatic heterocycles. The molecule has 0 aromatic rings. The van der Waals surface area contributed by atoms with Crippen LogP contribution < -0.4 is 0 Å². The van der Waals surface area contributed by atoms with Gasteiger partial charge in [-0.3, -0.25) is 4.79 Å². The summed E-state index contributed by atoms with van der Waals surface area (Å²) in [5, 5.41) is 38.4. The summed E-state index contributed by atoms with van der Waals surface area (Å²) < 4.78 is 5.61. The third kappa shape index (κ3) is 10.6. The molecule has 0 unspecified atom stereocenters. The van der Waals surface area contributed by atoms with E-state index in [-0.39, 0.29) is 12.5 Å². The second kappa shape index (κ2) is 14.3. The van der Waals surface area contributed by atoms with Gasteiger partial charge in [0.2, 0.25) is 0 Å². The number of carboxylic acid groups (broad SMARTS) is 1. The quantitative estimate of drug-likeness (QED) is 0.358. The van der Waals surface area contributed by atoms with Crippen molar-refractivity contribution in [1.82, 2.24) is 0 Å². The molecule has 0 radical (unpaired) electrons. The predicted octanol–water partition coefficient (Wildman–Crippen LogP) is 2.90. The molecule has 1 heterocycles. The number of hydrogen-bond donors (Lipinski definition) is 4. The third-order valence-corrected chi connectivity index (χ3v) is 4.51. The highest BCUT2D eigenvalue weighted by atomic mass is 16.5. The number of hydrogen-bond acceptors (Lipinski definition) is 5. The first-order valence-corrected chi connectivity index (χ1v) is 9.98. The minimum absolute atomic E-state index is 0.158. The zero-order valence-corrected chi connectivity index (χ0v) is 16.6. The van der Waals surface area contributed by atoms with E-state index < -0.39 is 30.4 Å². The Kier molecular flexibility index (Phi) is 12.4. The number of allylic oxidation sites excluding steroid dienone is 5. The van der Waals surface area contributed by atoms with E-state index in [1.165, 1.54) is 6.08 Å². The Bertz CT molecular complexity index is 551. The first-order chi connectivity index (χ1) is 13.4. The van der Waals surface area contributed by atoms with Gasteiger partial charge in [-0.1, -0.05) is 55.5 Å². The molecule has 0 saturated carbocycles. The standard InChI is InChI=1S/C22H34O6/c1-2-20-19(25)16-21(28-20)18(24)15-14-17(23)12-10-8-6-4-3-5-7-9-11-13-22(26)27/h3-4,7-10,14-15,17-21,23-25H,2,5-6,11-13,16H2,1H3,(H,26,27)/b4-3-,9-7-,10-8-,15-14+/t17-,18+,19-,20+,21+/m1/s1. The zero-order chi connectivity index (χ0) is 20.8. The normalized spacial score (nSPS) is 25.5. The Labute approximate surface area is 167 Å². The van der Waals surface area contributed by atoms with Crippen molar-refractivity contribution in [1.29, 1.82) is 0 Å². The fourth-order valence-electron chi connectivity index (χ4n) is 2.90. The molecule has 6 nitrogen and oxygen atoms in total. The second-order valence-electron chi connectivity index (χ2n) is 6.92. The maximum Gasteiger partial charge on any atom is 0.303 e. The van der Waals surface area contributed by atoms with Gasteiger partial charge in [-0.2, -0.15) is 0 Å². The molecule has 1 saturated heterocycles. The fourth-order valence-corrected chi connectivity index (χ4v) is 2.90. The van der Waals surface area contributed by atoms with Crippen molar-refractivity contribution in [2.24, 2.45) is 0 Å². The van der Waals surface area contributed by atoms with Crippen molar-refractivity contribution in [3.8, 4) is 0 Å². The number of carbonyl (C=O) groups is 1. The number of aliphatic hydroxyl groups is 3. The molecule has 1 rings (SSSR count). The van der Waals surface area contributed by atoms with Crippen LogP contribution in [0.2, 0.25) is 0 Å². The van der Waals surface area contributed by atoms with E-state index in [9.17, 15) is 20.1 Å². The number of aliphatic carboxylic acids is 1. The summed E-state index contributed by atoms with van der Waals surface area (Å²) in [5.41, 5.74) is 0. The van der Waals surface area contributed by atoms with E-state index in [2.05, 4.69) is 0 Å². The lowest BCUT2D eigenvalue weighted by molar-refractivity contribution is -0.136. The molecule has 6 heteroatoms. The average molecular weight is 395 g/mol. The molecule has 1 aliphatic heterocycles. The second-order valence-corrected chi connectivity index (χ2v) is 6.92. The van der Waals surface area contributed by atoms with E-state index in [1.807, 2.05) is 43.4 Å². The summed E-state index contributed by atoms with van der Waals surface area (Å²) >= 11 is 0. The van der Waals surface area contributed by atoms with Crippen LogP contribution in [-0.4, -0.2) is 56.9 Å². The van der Waals surface area contributed by atoms with Gasteiger partial charge in [-0.15, -0.1) is 0 Å². The van der Waals surface area contributed by atoms with Crippen molar-refractivity contribution in [2.45, 2.75) is 82.4 Å². The van der Waals surface area contributed by atoms with Gasteiger partial charge in [-0.05, 0) is 32.1 Å². The third-order valence-electron chi connectivity index (χ3n) is 4.51. The summed E-state index contributed by atoms with van der Waals surface area (Å²) in [6, 6.07) is 0. The molecule has 0 amide bonds. The SMILES string of the molecule is CC[C@@H]1O[C@H]([C@@H](O)/C=C/[C@H](O)C/C=C\C/C=C\C/C=C\CCC(=O)O)C[C@H]1O. The van der Waals surface area contributed by atoms with E-state index in [0.29, 0.717) is 25.7 Å². The molecule has 5 atom stereocenters. The number of rotatable bonds is 13. The minimum Gasteiger partial charge on any atom is -0.481 e. The van der Waals surface area contributed by atoms with Gasteiger partial charge >= 0.3 is 5.97 Å². The van der Waals surface area contributed by atoms with Crippen LogP contribution in [0.3, 0.4) is 0 Å². The van der Waals surface area contributed by atoms with Crippen molar-refractivity contribution in [2.75, 3.05) is 0 Å². The lowest BCUT2D eigenvalue weighted by atomic mass is 10.1. The Balaban J connectivity index is 2.16. The Morgan fingerprint density at radius 3 is 2.32 bits per heavy atom. The number of carboxylic acids is 1. The molecule has 4 N–H and O–H groups in total. The summed E-state index contributed by atoms with van der Waals surface area (Å²) in [4.78, 5) is 10.3. The maximum atomic E-state index is 10.3. The number of aliphatic hydroxyl groups excluding tert-OH is 3. The molecule has 1 fully saturated rings. The van der Waals surface area contributed by atoms with E-state index in [0.717, 1.165) is 12.8 Å². The highest BCUT2D eigenvalue weighted by molar-refractivity contribution is 5.66. The van der Waals surface area contributed by atoms with Crippen LogP contribution >= 0.6 is 0 Å². The highest BCUT2D eigenvalue weighted by Gasteiger charge is 2.35. The molecule has 158 valence electrons. The molecular formula is C22H34O6. The highest BCUT2D eigenvalue weighted by Crippen LogP contribution is 2.25. The lowest BCUT2D eigenvalue weighted by Crippen LogP contribution is -2.24. The summed E-state index contributed by atoms with van der Waals surface area (Å²) in [7, 11) is 0. The lowest BCUT2D eigenvalue weighted by Gasteiger charge is -2.16. The molecule has 0 spiro atoms. The van der Waals surface area contributed by atoms with Crippen LogP contribution in [0.25, 0.3) is 0 Å². The van der Waals surface area contributed by atoms with Crippen LogP contribution in [0.1, 0.15) is 51.9 Å². The van der Waals surface area contributed by atoms with Crippen LogP contribution in [0.4, 0.5) is 0 Å². The van der Waals surface area contributed by atoms with Crippen molar-refractivity contribution >= 4 is 5.97 Å². The molecule has 0 aliphatic carbocycles. The summed E-state index contributed by atoms with van der Waals surface area (Å²) in [6.45, 7) is 1.93. The summed E-state index contributed by atoms with van der Waals surface area (Å²) in [5.74, 6) is -0.785. The Morgan fingerprint density at radius 2 is 1.71 bits per heavy atom. The largest absolute Gasteiger partial charge is 0.481 e. The van der Waals surface area contributed by atoms with E-state index in [4.69, 9.17) is 9.84 Å². The minimum atomic E-state index is -0.837. The van der Waals surface area contributed by atoms with E-state index >= 15 is 0 Å². The van der Waals surface area contributed by atoms with Crippen LogP contribution in [0, 0.1) is 0 Å². The van der Waals surface area contributed by atoms with Gasteiger partial charge < -0.3 is 25.2 Å². The molecule has 28 heavy (non-hydrogen) atoms. The predicted molar refractivity (Wildman–Crippen MR) is 109 cm³/mol. The summed E-state index contributed by atoms with van der Waals surface area (Å²) in [6.07, 6.45) is 15.9. The Hall–Kier alpha value is -1.73. The Morgan fingerprint density at radius 1 is 1.07 bits per heavy atom. The first kappa shape index (κ1) is 24.3. The fraction of sp³-hybridized carbons (Fsp3) is 0.591. The van der Waals surface area contributed by atoms with Crippen LogP contribution in [-0.2, 0) is 9.53 Å². The first-order valence-electron chi connectivity index (χ1n) is 9.98. The van der Waals surface area contributed by atoms with Gasteiger partial charge in [0.05, 0.1) is 30.5 Å². The van der Waals surface area contributed by atoms with Crippen molar-refractivity contribution < 1.29 is 30.0 Å². The van der Waals surface area contributed by atoms with Crippen molar-refractivity contribution in [3.05, 3.63) is 48.6 Å². The van der Waals surface area contributed by atoms with Gasteiger partial charge in [-0.25, -0.2) is 0 Å². The maximum absolute atomic E-state index is 10.3. The van der Waals surface area contributed by atoms with Gasteiger partial charge in [0.15, 0.2) is 0 Å². The zero-order valence-electron chi connectivity index (χ0n) is 16.6.